The molecule has 1 atom stereocenters. The van der Waals surface area contributed by atoms with Gasteiger partial charge in [0.05, 0.1) is 0 Å². The van der Waals surface area contributed by atoms with E-state index >= 15 is 0 Å². The lowest BCUT2D eigenvalue weighted by atomic mass is 9.84. The number of carbonyl (C=O) groups excluding carboxylic acids is 1. The Morgan fingerprint density at radius 2 is 1.86 bits per heavy atom. The van der Waals surface area contributed by atoms with Crippen LogP contribution in [0.1, 0.15) is 51.4 Å². The first-order chi connectivity index (χ1) is 6.86. The zero-order chi connectivity index (χ0) is 9.80. The molecule has 2 fully saturated rings. The lowest BCUT2D eigenvalue weighted by molar-refractivity contribution is -0.124. The molecule has 80 valence electrons. The second-order valence-electron chi connectivity index (χ2n) is 4.80. The molecule has 1 aliphatic heterocycles. The van der Waals surface area contributed by atoms with Crippen molar-refractivity contribution in [3.63, 3.8) is 0 Å². The van der Waals surface area contributed by atoms with Crippen LogP contribution in [-0.4, -0.2) is 18.4 Å². The summed E-state index contributed by atoms with van der Waals surface area (Å²) in [5.41, 5.74) is 0. The zero-order valence-electron chi connectivity index (χ0n) is 8.93. The van der Waals surface area contributed by atoms with E-state index in [2.05, 4.69) is 5.32 Å². The number of Topliss-reactive ketones (excluding diaryl/α,β-unsaturated/α-hetero) is 1. The Hall–Kier alpha value is -0.370. The average molecular weight is 195 g/mol. The van der Waals surface area contributed by atoms with Crippen LogP contribution in [0.15, 0.2) is 0 Å². The van der Waals surface area contributed by atoms with Crippen molar-refractivity contribution in [2.45, 2.75) is 57.4 Å². The van der Waals surface area contributed by atoms with Crippen molar-refractivity contribution < 1.29 is 4.79 Å². The summed E-state index contributed by atoms with van der Waals surface area (Å²) in [7, 11) is 0. The molecule has 0 aromatic heterocycles. The average Bonchev–Trinajstić information content (AvgIpc) is 2.72. The lowest BCUT2D eigenvalue weighted by Gasteiger charge is -2.21. The van der Waals surface area contributed by atoms with Gasteiger partial charge in [-0.15, -0.1) is 0 Å². The van der Waals surface area contributed by atoms with Gasteiger partial charge in [-0.1, -0.05) is 19.3 Å². The summed E-state index contributed by atoms with van der Waals surface area (Å²) in [4.78, 5) is 11.9. The fourth-order valence-corrected chi connectivity index (χ4v) is 2.77. The Balaban J connectivity index is 1.75. The van der Waals surface area contributed by atoms with Gasteiger partial charge in [0.15, 0.2) is 0 Å². The molecule has 1 aliphatic carbocycles. The lowest BCUT2D eigenvalue weighted by Crippen LogP contribution is -2.28. The molecular weight excluding hydrogens is 174 g/mol. The Bertz CT molecular complexity index is 190. The van der Waals surface area contributed by atoms with Crippen LogP contribution in [-0.2, 0) is 4.79 Å². The first-order valence-electron chi connectivity index (χ1n) is 6.12. The maximum absolute atomic E-state index is 11.9. The van der Waals surface area contributed by atoms with Gasteiger partial charge >= 0.3 is 0 Å². The van der Waals surface area contributed by atoms with E-state index in [9.17, 15) is 4.79 Å². The molecule has 1 N–H and O–H groups in total. The third-order valence-corrected chi connectivity index (χ3v) is 3.67. The molecule has 0 spiro atoms. The zero-order valence-corrected chi connectivity index (χ0v) is 8.93. The Morgan fingerprint density at radius 1 is 1.07 bits per heavy atom. The molecule has 0 bridgehead atoms. The quantitative estimate of drug-likeness (QED) is 0.748. The molecule has 1 saturated carbocycles. The predicted molar refractivity (Wildman–Crippen MR) is 57.2 cm³/mol. The molecule has 1 heterocycles. The van der Waals surface area contributed by atoms with Gasteiger partial charge in [-0.3, -0.25) is 4.79 Å². The second-order valence-corrected chi connectivity index (χ2v) is 4.80. The van der Waals surface area contributed by atoms with Crippen molar-refractivity contribution >= 4 is 5.78 Å². The van der Waals surface area contributed by atoms with Gasteiger partial charge in [-0.25, -0.2) is 0 Å². The molecule has 2 rings (SSSR count). The fourth-order valence-electron chi connectivity index (χ4n) is 2.77. The molecule has 0 aromatic rings. The van der Waals surface area contributed by atoms with Gasteiger partial charge < -0.3 is 5.32 Å². The van der Waals surface area contributed by atoms with Crippen LogP contribution < -0.4 is 5.32 Å². The standard InChI is InChI=1S/C12H21NO/c14-12(9-11-7-4-8-13-11)10-5-2-1-3-6-10/h10-11,13H,1-9H2. The molecule has 0 aromatic carbocycles. The second kappa shape index (κ2) is 4.92. The number of rotatable bonds is 3. The first-order valence-corrected chi connectivity index (χ1v) is 6.12. The molecule has 2 nitrogen and oxygen atoms in total. The van der Waals surface area contributed by atoms with Crippen molar-refractivity contribution in [3.05, 3.63) is 0 Å². The smallest absolute Gasteiger partial charge is 0.137 e. The molecule has 0 amide bonds. The van der Waals surface area contributed by atoms with Gasteiger partial charge in [0.1, 0.15) is 5.78 Å². The van der Waals surface area contributed by atoms with Gasteiger partial charge in [0.25, 0.3) is 0 Å². The summed E-state index contributed by atoms with van der Waals surface area (Å²) in [5.74, 6) is 0.940. The van der Waals surface area contributed by atoms with Crippen LogP contribution in [0.25, 0.3) is 0 Å². The van der Waals surface area contributed by atoms with E-state index in [1.54, 1.807) is 0 Å². The summed E-state index contributed by atoms with van der Waals surface area (Å²) >= 11 is 0. The number of carbonyl (C=O) groups is 1. The predicted octanol–water partition coefficient (Wildman–Crippen LogP) is 2.28. The van der Waals surface area contributed by atoms with Crippen molar-refractivity contribution in [1.29, 1.82) is 0 Å². The Kier molecular flexibility index (Phi) is 3.57. The maximum Gasteiger partial charge on any atom is 0.137 e. The van der Waals surface area contributed by atoms with Crippen molar-refractivity contribution in [3.8, 4) is 0 Å². The molecule has 14 heavy (non-hydrogen) atoms. The Morgan fingerprint density at radius 3 is 2.50 bits per heavy atom. The van der Waals surface area contributed by atoms with E-state index in [0.717, 1.165) is 25.8 Å². The van der Waals surface area contributed by atoms with Gasteiger partial charge in [0, 0.05) is 18.4 Å². The number of hydrogen-bond acceptors (Lipinski definition) is 2. The minimum atomic E-state index is 0.408. The van der Waals surface area contributed by atoms with Crippen LogP contribution in [0, 0.1) is 5.92 Å². The van der Waals surface area contributed by atoms with Gasteiger partial charge in [0.2, 0.25) is 0 Å². The Labute approximate surface area is 86.5 Å². The fraction of sp³-hybridized carbons (Fsp3) is 0.917. The highest BCUT2D eigenvalue weighted by molar-refractivity contribution is 5.81. The molecule has 1 saturated heterocycles. The van der Waals surface area contributed by atoms with Crippen molar-refractivity contribution in [2.75, 3.05) is 6.54 Å². The van der Waals surface area contributed by atoms with E-state index in [1.807, 2.05) is 0 Å². The summed E-state index contributed by atoms with van der Waals surface area (Å²) in [5, 5.41) is 3.41. The van der Waals surface area contributed by atoms with Crippen molar-refractivity contribution in [2.24, 2.45) is 5.92 Å². The van der Waals surface area contributed by atoms with Crippen molar-refractivity contribution in [1.82, 2.24) is 5.32 Å². The minimum absolute atomic E-state index is 0.408. The number of nitrogens with one attached hydrogen (secondary N) is 1. The van der Waals surface area contributed by atoms with E-state index in [1.165, 1.54) is 32.1 Å². The highest BCUT2D eigenvalue weighted by Gasteiger charge is 2.24. The summed E-state index contributed by atoms with van der Waals surface area (Å²) in [6, 6.07) is 0.504. The first kappa shape index (κ1) is 10.2. The van der Waals surface area contributed by atoms with Crippen LogP contribution in [0.3, 0.4) is 0 Å². The highest BCUT2D eigenvalue weighted by atomic mass is 16.1. The normalized spacial score (nSPS) is 29.3. The SMILES string of the molecule is O=C(CC1CCCN1)C1CCCCC1. The molecule has 2 heteroatoms. The van der Waals surface area contributed by atoms with E-state index in [-0.39, 0.29) is 0 Å². The van der Waals surface area contributed by atoms with Crippen LogP contribution in [0.5, 0.6) is 0 Å². The summed E-state index contributed by atoms with van der Waals surface area (Å²) < 4.78 is 0. The molecule has 0 radical (unpaired) electrons. The third kappa shape index (κ3) is 2.57. The molecular formula is C12H21NO. The van der Waals surface area contributed by atoms with E-state index < -0.39 is 0 Å². The van der Waals surface area contributed by atoms with Crippen LogP contribution >= 0.6 is 0 Å². The minimum Gasteiger partial charge on any atom is -0.314 e. The summed E-state index contributed by atoms with van der Waals surface area (Å²) in [6.45, 7) is 1.11. The topological polar surface area (TPSA) is 29.1 Å². The van der Waals surface area contributed by atoms with Crippen LogP contribution in [0.4, 0.5) is 0 Å². The maximum atomic E-state index is 11.9. The third-order valence-electron chi connectivity index (χ3n) is 3.67. The number of ketones is 1. The largest absolute Gasteiger partial charge is 0.314 e. The molecule has 2 aliphatic rings. The van der Waals surface area contributed by atoms with Gasteiger partial charge in [-0.2, -0.15) is 0 Å². The molecule has 1 unspecified atom stereocenters. The van der Waals surface area contributed by atoms with Crippen LogP contribution in [0.2, 0.25) is 0 Å². The van der Waals surface area contributed by atoms with E-state index in [4.69, 9.17) is 0 Å². The van der Waals surface area contributed by atoms with Gasteiger partial charge in [-0.05, 0) is 32.2 Å². The van der Waals surface area contributed by atoms with E-state index in [0.29, 0.717) is 17.7 Å². The number of hydrogen-bond donors (Lipinski definition) is 1. The monoisotopic (exact) mass is 195 g/mol. The highest BCUT2D eigenvalue weighted by Crippen LogP contribution is 2.26. The summed E-state index contributed by atoms with van der Waals surface area (Å²) in [6.07, 6.45) is 9.46.